The predicted molar refractivity (Wildman–Crippen MR) is 97.0 cm³/mol. The maximum Gasteiger partial charge on any atom is 0.357 e. The van der Waals surface area contributed by atoms with E-state index in [-0.39, 0.29) is 12.3 Å². The molecule has 0 aliphatic carbocycles. The van der Waals surface area contributed by atoms with Gasteiger partial charge in [-0.05, 0) is 24.3 Å². The first kappa shape index (κ1) is 17.4. The van der Waals surface area contributed by atoms with Crippen molar-refractivity contribution in [2.24, 2.45) is 0 Å². The predicted octanol–water partition coefficient (Wildman–Crippen LogP) is 2.59. The van der Waals surface area contributed by atoms with E-state index in [0.29, 0.717) is 18.7 Å². The van der Waals surface area contributed by atoms with Gasteiger partial charge in [0.15, 0.2) is 6.61 Å². The summed E-state index contributed by atoms with van der Waals surface area (Å²) in [5.41, 5.74) is 0.869. The van der Waals surface area contributed by atoms with Gasteiger partial charge in [0.2, 0.25) is 0 Å². The van der Waals surface area contributed by atoms with Crippen LogP contribution in [0.25, 0.3) is 10.9 Å². The molecule has 0 radical (unpaired) electrons. The smallest absolute Gasteiger partial charge is 0.357 e. The first-order valence-electron chi connectivity index (χ1n) is 8.20. The Morgan fingerprint density at radius 1 is 0.923 bits per heavy atom. The van der Waals surface area contributed by atoms with Crippen LogP contribution in [0, 0.1) is 0 Å². The zero-order chi connectivity index (χ0) is 18.2. The number of carbonyl (C=O) groups excluding carboxylic acids is 2. The van der Waals surface area contributed by atoms with Crippen molar-refractivity contribution in [2.75, 3.05) is 19.8 Å². The maximum atomic E-state index is 12.0. The lowest BCUT2D eigenvalue weighted by Gasteiger charge is -2.08. The summed E-state index contributed by atoms with van der Waals surface area (Å²) in [6.45, 7) is 0.286. The van der Waals surface area contributed by atoms with Gasteiger partial charge in [-0.1, -0.05) is 42.5 Å². The van der Waals surface area contributed by atoms with Crippen molar-refractivity contribution in [1.29, 1.82) is 0 Å². The summed E-state index contributed by atoms with van der Waals surface area (Å²) >= 11 is 0. The molecule has 2 aromatic carbocycles. The monoisotopic (exact) mass is 350 g/mol. The molecule has 6 nitrogen and oxygen atoms in total. The number of carbonyl (C=O) groups is 2. The van der Waals surface area contributed by atoms with Gasteiger partial charge in [0.25, 0.3) is 5.91 Å². The van der Waals surface area contributed by atoms with E-state index in [2.05, 4.69) is 10.3 Å². The van der Waals surface area contributed by atoms with E-state index in [4.69, 9.17) is 9.47 Å². The summed E-state index contributed by atoms with van der Waals surface area (Å²) in [5, 5.41) is 3.56. The highest BCUT2D eigenvalue weighted by molar-refractivity contribution is 5.92. The van der Waals surface area contributed by atoms with E-state index in [1.54, 1.807) is 12.1 Å². The van der Waals surface area contributed by atoms with Gasteiger partial charge in [-0.25, -0.2) is 9.78 Å². The van der Waals surface area contributed by atoms with E-state index in [9.17, 15) is 9.59 Å². The van der Waals surface area contributed by atoms with Crippen molar-refractivity contribution in [2.45, 2.75) is 0 Å². The third-order valence-corrected chi connectivity index (χ3v) is 3.58. The maximum absolute atomic E-state index is 12.0. The lowest BCUT2D eigenvalue weighted by molar-refractivity contribution is -0.124. The summed E-state index contributed by atoms with van der Waals surface area (Å²) in [6, 6.07) is 20.1. The molecule has 0 aliphatic rings. The van der Waals surface area contributed by atoms with E-state index in [0.717, 1.165) is 11.1 Å². The number of aromatic nitrogens is 1. The number of fused-ring (bicyclic) bond motifs is 1. The number of benzene rings is 2. The molecule has 1 N–H and O–H groups in total. The molecule has 0 aliphatic heterocycles. The molecule has 132 valence electrons. The summed E-state index contributed by atoms with van der Waals surface area (Å²) in [7, 11) is 0. The number of hydrogen-bond acceptors (Lipinski definition) is 5. The van der Waals surface area contributed by atoms with Gasteiger partial charge in [0, 0.05) is 5.39 Å². The highest BCUT2D eigenvalue weighted by Gasteiger charge is 2.12. The molecular formula is C20H18N2O4. The molecular weight excluding hydrogens is 332 g/mol. The highest BCUT2D eigenvalue weighted by Crippen LogP contribution is 2.12. The molecule has 0 saturated heterocycles. The number of ether oxygens (including phenoxy) is 2. The molecule has 3 rings (SSSR count). The molecule has 3 aromatic rings. The summed E-state index contributed by atoms with van der Waals surface area (Å²) < 4.78 is 10.5. The van der Waals surface area contributed by atoms with Crippen molar-refractivity contribution < 1.29 is 19.1 Å². The Balaban J connectivity index is 1.41. The average Bonchev–Trinajstić information content (AvgIpc) is 2.70. The van der Waals surface area contributed by atoms with E-state index in [1.807, 2.05) is 54.6 Å². The Kier molecular flexibility index (Phi) is 5.77. The Bertz CT molecular complexity index is 896. The van der Waals surface area contributed by atoms with Gasteiger partial charge in [0.1, 0.15) is 18.1 Å². The second-order valence-electron chi connectivity index (χ2n) is 5.48. The topological polar surface area (TPSA) is 77.5 Å². The Hall–Kier alpha value is -3.41. The number of para-hydroxylation sites is 2. The van der Waals surface area contributed by atoms with Crippen LogP contribution in [0.1, 0.15) is 10.5 Å². The number of hydrogen-bond donors (Lipinski definition) is 1. The minimum Gasteiger partial charge on any atom is -0.492 e. The van der Waals surface area contributed by atoms with Crippen molar-refractivity contribution in [3.8, 4) is 5.75 Å². The lowest BCUT2D eigenvalue weighted by atomic mass is 10.2. The Labute approximate surface area is 150 Å². The van der Waals surface area contributed by atoms with Crippen molar-refractivity contribution in [3.63, 3.8) is 0 Å². The number of esters is 1. The van der Waals surface area contributed by atoms with Gasteiger partial charge in [0.05, 0.1) is 12.1 Å². The van der Waals surface area contributed by atoms with Crippen molar-refractivity contribution in [1.82, 2.24) is 10.3 Å². The quantitative estimate of drug-likeness (QED) is 0.523. The van der Waals surface area contributed by atoms with Crippen molar-refractivity contribution in [3.05, 3.63) is 72.4 Å². The third-order valence-electron chi connectivity index (χ3n) is 3.58. The third kappa shape index (κ3) is 4.80. The summed E-state index contributed by atoms with van der Waals surface area (Å²) in [6.07, 6.45) is 0. The molecule has 26 heavy (non-hydrogen) atoms. The number of nitrogens with one attached hydrogen (secondary N) is 1. The van der Waals surface area contributed by atoms with Gasteiger partial charge in [-0.3, -0.25) is 4.79 Å². The fraction of sp³-hybridized carbons (Fsp3) is 0.150. The molecule has 1 heterocycles. The van der Waals surface area contributed by atoms with Crippen LogP contribution < -0.4 is 10.1 Å². The second kappa shape index (κ2) is 8.62. The number of nitrogens with zero attached hydrogens (tertiary/aromatic N) is 1. The lowest BCUT2D eigenvalue weighted by Crippen LogP contribution is -2.32. The van der Waals surface area contributed by atoms with Gasteiger partial charge in [-0.15, -0.1) is 0 Å². The minimum absolute atomic E-state index is 0.170. The molecule has 0 fully saturated rings. The first-order valence-corrected chi connectivity index (χ1v) is 8.20. The van der Waals surface area contributed by atoms with Crippen LogP contribution in [0.4, 0.5) is 0 Å². The van der Waals surface area contributed by atoms with Crippen LogP contribution in [-0.2, 0) is 9.53 Å². The van der Waals surface area contributed by atoms with Gasteiger partial charge in [-0.2, -0.15) is 0 Å². The molecule has 0 bridgehead atoms. The Morgan fingerprint density at radius 2 is 1.69 bits per heavy atom. The number of amides is 1. The fourth-order valence-electron chi connectivity index (χ4n) is 2.31. The first-order chi connectivity index (χ1) is 12.7. The van der Waals surface area contributed by atoms with Crippen LogP contribution in [0.2, 0.25) is 0 Å². The van der Waals surface area contributed by atoms with Gasteiger partial charge >= 0.3 is 5.97 Å². The minimum atomic E-state index is -0.633. The van der Waals surface area contributed by atoms with E-state index < -0.39 is 11.9 Å². The second-order valence-corrected chi connectivity index (χ2v) is 5.48. The fourth-order valence-corrected chi connectivity index (χ4v) is 2.31. The SMILES string of the molecule is O=C(COC(=O)c1ccc2ccccc2n1)NCCOc1ccccc1. The highest BCUT2D eigenvalue weighted by atomic mass is 16.5. The summed E-state index contributed by atoms with van der Waals surface area (Å²) in [5.74, 6) is -0.294. The van der Waals surface area contributed by atoms with Crippen LogP contribution in [0.3, 0.4) is 0 Å². The number of rotatable bonds is 7. The molecule has 1 aromatic heterocycles. The largest absolute Gasteiger partial charge is 0.492 e. The summed E-state index contributed by atoms with van der Waals surface area (Å²) in [4.78, 5) is 28.0. The zero-order valence-electron chi connectivity index (χ0n) is 14.1. The van der Waals surface area contributed by atoms with Crippen LogP contribution >= 0.6 is 0 Å². The Morgan fingerprint density at radius 3 is 2.54 bits per heavy atom. The van der Waals surface area contributed by atoms with Crippen LogP contribution in [0.5, 0.6) is 5.75 Å². The molecule has 0 spiro atoms. The van der Waals surface area contributed by atoms with Crippen LogP contribution in [0.15, 0.2) is 66.7 Å². The van der Waals surface area contributed by atoms with E-state index >= 15 is 0 Å². The molecule has 0 unspecified atom stereocenters. The standard InChI is InChI=1S/C20H18N2O4/c23-19(21-12-13-25-16-7-2-1-3-8-16)14-26-20(24)18-11-10-15-6-4-5-9-17(15)22-18/h1-11H,12-14H2,(H,21,23). The molecule has 1 amide bonds. The number of pyridine rings is 1. The molecule has 6 heteroatoms. The van der Waals surface area contributed by atoms with E-state index in [1.165, 1.54) is 0 Å². The zero-order valence-corrected chi connectivity index (χ0v) is 14.1. The molecule has 0 saturated carbocycles. The molecule has 0 atom stereocenters. The average molecular weight is 350 g/mol. The van der Waals surface area contributed by atoms with Gasteiger partial charge < -0.3 is 14.8 Å². The van der Waals surface area contributed by atoms with Crippen LogP contribution in [-0.4, -0.2) is 36.6 Å². The van der Waals surface area contributed by atoms with Crippen molar-refractivity contribution >= 4 is 22.8 Å². The normalized spacial score (nSPS) is 10.3.